The highest BCUT2D eigenvalue weighted by Crippen LogP contribution is 2.24. The zero-order valence-corrected chi connectivity index (χ0v) is 10.7. The summed E-state index contributed by atoms with van der Waals surface area (Å²) >= 11 is 0. The van der Waals surface area contributed by atoms with Crippen LogP contribution in [-0.2, 0) is 0 Å². The molecule has 98 valence electrons. The first kappa shape index (κ1) is 12.2. The molecular formula is C16H13N3O. The SMILES string of the molecule is Nc1nccc(Oc2ccc(-c3ccccc3)cc2)n1. The molecule has 0 amide bonds. The van der Waals surface area contributed by atoms with Gasteiger partial charge in [0.25, 0.3) is 0 Å². The summed E-state index contributed by atoms with van der Waals surface area (Å²) in [7, 11) is 0. The topological polar surface area (TPSA) is 61.0 Å². The molecule has 0 aliphatic rings. The average Bonchev–Trinajstić information content (AvgIpc) is 2.49. The van der Waals surface area contributed by atoms with Crippen molar-refractivity contribution >= 4 is 5.95 Å². The smallest absolute Gasteiger partial charge is 0.224 e. The number of nitrogens with two attached hydrogens (primary N) is 1. The third-order valence-corrected chi connectivity index (χ3v) is 2.83. The Morgan fingerprint density at radius 1 is 0.800 bits per heavy atom. The third kappa shape index (κ3) is 2.75. The van der Waals surface area contributed by atoms with E-state index in [9.17, 15) is 0 Å². The predicted molar refractivity (Wildman–Crippen MR) is 78.4 cm³/mol. The molecular weight excluding hydrogens is 250 g/mol. The van der Waals surface area contributed by atoms with Crippen molar-refractivity contribution in [2.75, 3.05) is 5.73 Å². The number of ether oxygens (including phenoxy) is 1. The summed E-state index contributed by atoms with van der Waals surface area (Å²) in [5.41, 5.74) is 7.82. The lowest BCUT2D eigenvalue weighted by molar-refractivity contribution is 0.462. The number of aromatic nitrogens is 2. The molecule has 4 heteroatoms. The molecule has 0 fully saturated rings. The Morgan fingerprint density at radius 3 is 2.20 bits per heavy atom. The predicted octanol–water partition coefficient (Wildman–Crippen LogP) is 3.52. The van der Waals surface area contributed by atoms with Crippen molar-refractivity contribution in [1.29, 1.82) is 0 Å². The van der Waals surface area contributed by atoms with Crippen molar-refractivity contribution in [3.8, 4) is 22.8 Å². The molecule has 0 aliphatic heterocycles. The Balaban J connectivity index is 1.80. The lowest BCUT2D eigenvalue weighted by Gasteiger charge is -2.06. The van der Waals surface area contributed by atoms with Crippen LogP contribution < -0.4 is 10.5 Å². The van der Waals surface area contributed by atoms with Crippen LogP contribution in [0, 0.1) is 0 Å². The van der Waals surface area contributed by atoms with Gasteiger partial charge in [0, 0.05) is 12.3 Å². The zero-order chi connectivity index (χ0) is 13.8. The lowest BCUT2D eigenvalue weighted by Crippen LogP contribution is -1.95. The maximum Gasteiger partial charge on any atom is 0.224 e. The quantitative estimate of drug-likeness (QED) is 0.785. The van der Waals surface area contributed by atoms with Crippen LogP contribution in [0.25, 0.3) is 11.1 Å². The van der Waals surface area contributed by atoms with Gasteiger partial charge in [-0.1, -0.05) is 42.5 Å². The van der Waals surface area contributed by atoms with E-state index in [2.05, 4.69) is 22.1 Å². The number of benzene rings is 2. The molecule has 2 N–H and O–H groups in total. The first-order chi connectivity index (χ1) is 9.81. The van der Waals surface area contributed by atoms with E-state index in [-0.39, 0.29) is 5.95 Å². The first-order valence-corrected chi connectivity index (χ1v) is 6.23. The van der Waals surface area contributed by atoms with E-state index in [0.29, 0.717) is 11.6 Å². The van der Waals surface area contributed by atoms with Crippen molar-refractivity contribution in [2.24, 2.45) is 0 Å². The molecule has 0 aliphatic carbocycles. The third-order valence-electron chi connectivity index (χ3n) is 2.83. The van der Waals surface area contributed by atoms with Crippen LogP contribution in [0.3, 0.4) is 0 Å². The molecule has 3 aromatic rings. The molecule has 3 rings (SSSR count). The molecule has 20 heavy (non-hydrogen) atoms. The van der Waals surface area contributed by atoms with Gasteiger partial charge in [0.15, 0.2) is 0 Å². The summed E-state index contributed by atoms with van der Waals surface area (Å²) < 4.78 is 5.62. The Hall–Kier alpha value is -2.88. The zero-order valence-electron chi connectivity index (χ0n) is 10.7. The molecule has 1 heterocycles. The van der Waals surface area contributed by atoms with E-state index < -0.39 is 0 Å². The van der Waals surface area contributed by atoms with Gasteiger partial charge in [-0.2, -0.15) is 4.98 Å². The Kier molecular flexibility index (Phi) is 3.29. The van der Waals surface area contributed by atoms with Gasteiger partial charge in [0.05, 0.1) is 0 Å². The van der Waals surface area contributed by atoms with Gasteiger partial charge in [-0.05, 0) is 23.3 Å². The van der Waals surface area contributed by atoms with Gasteiger partial charge in [-0.15, -0.1) is 0 Å². The van der Waals surface area contributed by atoms with E-state index in [4.69, 9.17) is 10.5 Å². The Morgan fingerprint density at radius 2 is 1.50 bits per heavy atom. The van der Waals surface area contributed by atoms with Gasteiger partial charge < -0.3 is 10.5 Å². The monoisotopic (exact) mass is 263 g/mol. The van der Waals surface area contributed by atoms with Gasteiger partial charge >= 0.3 is 0 Å². The highest BCUT2D eigenvalue weighted by molar-refractivity contribution is 5.63. The van der Waals surface area contributed by atoms with Crippen molar-refractivity contribution in [1.82, 2.24) is 9.97 Å². The minimum atomic E-state index is 0.198. The van der Waals surface area contributed by atoms with E-state index in [1.807, 2.05) is 42.5 Å². The number of rotatable bonds is 3. The Bertz CT molecular complexity index is 696. The second-order valence-electron chi connectivity index (χ2n) is 4.25. The van der Waals surface area contributed by atoms with E-state index in [0.717, 1.165) is 5.56 Å². The molecule has 0 bridgehead atoms. The molecule has 4 nitrogen and oxygen atoms in total. The molecule has 0 radical (unpaired) electrons. The minimum Gasteiger partial charge on any atom is -0.439 e. The van der Waals surface area contributed by atoms with Gasteiger partial charge in [0.1, 0.15) is 5.75 Å². The fourth-order valence-corrected chi connectivity index (χ4v) is 1.88. The summed E-state index contributed by atoms with van der Waals surface area (Å²) in [5.74, 6) is 1.34. The average molecular weight is 263 g/mol. The Labute approximate surface area is 116 Å². The van der Waals surface area contributed by atoms with Gasteiger partial charge in [-0.25, -0.2) is 4.98 Å². The van der Waals surface area contributed by atoms with Crippen LogP contribution in [-0.4, -0.2) is 9.97 Å². The molecule has 0 spiro atoms. The minimum absolute atomic E-state index is 0.198. The maximum atomic E-state index is 5.62. The molecule has 2 aromatic carbocycles. The summed E-state index contributed by atoms with van der Waals surface area (Å²) in [6.07, 6.45) is 1.57. The van der Waals surface area contributed by atoms with Crippen LogP contribution in [0.15, 0.2) is 66.9 Å². The summed E-state index contributed by atoms with van der Waals surface area (Å²) in [4.78, 5) is 7.82. The fourth-order valence-electron chi connectivity index (χ4n) is 1.88. The number of nitrogen functional groups attached to an aromatic ring is 1. The van der Waals surface area contributed by atoms with E-state index >= 15 is 0 Å². The second-order valence-corrected chi connectivity index (χ2v) is 4.25. The summed E-state index contributed by atoms with van der Waals surface area (Å²) in [5, 5.41) is 0. The van der Waals surface area contributed by atoms with Gasteiger partial charge in [-0.3, -0.25) is 0 Å². The highest BCUT2D eigenvalue weighted by atomic mass is 16.5. The fraction of sp³-hybridized carbons (Fsp3) is 0. The highest BCUT2D eigenvalue weighted by Gasteiger charge is 2.01. The summed E-state index contributed by atoms with van der Waals surface area (Å²) in [6.45, 7) is 0. The van der Waals surface area contributed by atoms with Crippen molar-refractivity contribution in [2.45, 2.75) is 0 Å². The number of hydrogen-bond donors (Lipinski definition) is 1. The van der Waals surface area contributed by atoms with Crippen LogP contribution in [0.4, 0.5) is 5.95 Å². The van der Waals surface area contributed by atoms with E-state index in [1.54, 1.807) is 12.3 Å². The molecule has 0 saturated carbocycles. The number of nitrogens with zero attached hydrogens (tertiary/aromatic N) is 2. The molecule has 0 saturated heterocycles. The van der Waals surface area contributed by atoms with Crippen LogP contribution in [0.5, 0.6) is 11.6 Å². The van der Waals surface area contributed by atoms with Gasteiger partial charge in [0.2, 0.25) is 11.8 Å². The van der Waals surface area contributed by atoms with E-state index in [1.165, 1.54) is 5.56 Å². The largest absolute Gasteiger partial charge is 0.439 e. The van der Waals surface area contributed by atoms with Crippen molar-refractivity contribution in [3.63, 3.8) is 0 Å². The normalized spacial score (nSPS) is 10.2. The maximum absolute atomic E-state index is 5.62. The lowest BCUT2D eigenvalue weighted by atomic mass is 10.1. The number of anilines is 1. The molecule has 1 aromatic heterocycles. The van der Waals surface area contributed by atoms with Crippen LogP contribution in [0.1, 0.15) is 0 Å². The molecule has 0 unspecified atom stereocenters. The summed E-state index contributed by atoms with van der Waals surface area (Å²) in [6, 6.07) is 19.7. The van der Waals surface area contributed by atoms with Crippen LogP contribution in [0.2, 0.25) is 0 Å². The van der Waals surface area contributed by atoms with Crippen molar-refractivity contribution < 1.29 is 4.74 Å². The molecule has 0 atom stereocenters. The standard InChI is InChI=1S/C16H13N3O/c17-16-18-11-10-15(19-16)20-14-8-6-13(7-9-14)12-4-2-1-3-5-12/h1-11H,(H2,17,18,19). The number of hydrogen-bond acceptors (Lipinski definition) is 4. The van der Waals surface area contributed by atoms with Crippen molar-refractivity contribution in [3.05, 3.63) is 66.9 Å². The first-order valence-electron chi connectivity index (χ1n) is 6.23. The second kappa shape index (κ2) is 5.40. The van der Waals surface area contributed by atoms with Crippen LogP contribution >= 0.6 is 0 Å².